The van der Waals surface area contributed by atoms with Crippen molar-refractivity contribution in [3.05, 3.63) is 15.8 Å². The maximum atomic E-state index is 11.5. The first-order chi connectivity index (χ1) is 7.16. The zero-order valence-electron chi connectivity index (χ0n) is 9.89. The van der Waals surface area contributed by atoms with Gasteiger partial charge in [-0.05, 0) is 25.8 Å². The molecule has 0 fully saturated rings. The summed E-state index contributed by atoms with van der Waals surface area (Å²) in [6, 6.07) is 2.07. The number of thiophene rings is 1. The van der Waals surface area contributed by atoms with Crippen LogP contribution < -0.4 is 5.32 Å². The number of carbonyl (C=O) groups is 1. The van der Waals surface area contributed by atoms with E-state index in [0.717, 1.165) is 18.5 Å². The average molecular weight is 225 g/mol. The summed E-state index contributed by atoms with van der Waals surface area (Å²) >= 11 is 1.79. The Kier molecular flexibility index (Phi) is 4.33. The van der Waals surface area contributed by atoms with Gasteiger partial charge >= 0.3 is 0 Å². The van der Waals surface area contributed by atoms with Gasteiger partial charge in [0.15, 0.2) is 0 Å². The zero-order chi connectivity index (χ0) is 11.4. The summed E-state index contributed by atoms with van der Waals surface area (Å²) in [6.07, 6.45) is 2.01. The Morgan fingerprint density at radius 2 is 2.13 bits per heavy atom. The van der Waals surface area contributed by atoms with Crippen molar-refractivity contribution in [2.24, 2.45) is 5.92 Å². The van der Waals surface area contributed by atoms with Crippen LogP contribution in [0.3, 0.4) is 0 Å². The van der Waals surface area contributed by atoms with Crippen LogP contribution in [0.25, 0.3) is 0 Å². The van der Waals surface area contributed by atoms with Crippen LogP contribution in [0, 0.1) is 12.8 Å². The number of hydrogen-bond acceptors (Lipinski definition) is 2. The fourth-order valence-corrected chi connectivity index (χ4v) is 2.59. The molecule has 3 heteroatoms. The van der Waals surface area contributed by atoms with E-state index >= 15 is 0 Å². The second-order valence-electron chi connectivity index (χ2n) is 3.62. The van der Waals surface area contributed by atoms with Crippen LogP contribution in [0.2, 0.25) is 0 Å². The Morgan fingerprint density at radius 1 is 1.47 bits per heavy atom. The van der Waals surface area contributed by atoms with Gasteiger partial charge in [0.2, 0.25) is 5.91 Å². The minimum atomic E-state index is 0.153. The van der Waals surface area contributed by atoms with Crippen LogP contribution in [0.15, 0.2) is 6.07 Å². The van der Waals surface area contributed by atoms with Gasteiger partial charge in [-0.1, -0.05) is 20.8 Å². The maximum Gasteiger partial charge on any atom is 0.227 e. The summed E-state index contributed by atoms with van der Waals surface area (Å²) in [4.78, 5) is 14.1. The summed E-state index contributed by atoms with van der Waals surface area (Å²) < 4.78 is 0. The molecule has 1 atom stereocenters. The monoisotopic (exact) mass is 225 g/mol. The topological polar surface area (TPSA) is 29.1 Å². The van der Waals surface area contributed by atoms with Crippen molar-refractivity contribution in [3.8, 4) is 0 Å². The van der Waals surface area contributed by atoms with Crippen molar-refractivity contribution in [1.29, 1.82) is 0 Å². The Hall–Kier alpha value is -0.830. The normalized spacial score (nSPS) is 19.5. The van der Waals surface area contributed by atoms with Crippen molar-refractivity contribution < 1.29 is 4.79 Å². The fraction of sp³-hybridized carbons (Fsp3) is 0.583. The molecule has 0 bridgehead atoms. The van der Waals surface area contributed by atoms with Crippen molar-refractivity contribution in [3.63, 3.8) is 0 Å². The molecule has 1 amide bonds. The molecule has 1 N–H and O–H groups in total. The third-order valence-electron chi connectivity index (χ3n) is 2.44. The zero-order valence-corrected chi connectivity index (χ0v) is 10.7. The lowest BCUT2D eigenvalue weighted by molar-refractivity contribution is -0.119. The van der Waals surface area contributed by atoms with E-state index < -0.39 is 0 Å². The highest BCUT2D eigenvalue weighted by Crippen LogP contribution is 2.31. The van der Waals surface area contributed by atoms with Gasteiger partial charge in [-0.15, -0.1) is 11.3 Å². The maximum absolute atomic E-state index is 11.5. The summed E-state index contributed by atoms with van der Waals surface area (Å²) in [5.74, 6) is 0.316. The van der Waals surface area contributed by atoms with E-state index in [4.69, 9.17) is 0 Å². The van der Waals surface area contributed by atoms with E-state index in [1.54, 1.807) is 11.3 Å². The van der Waals surface area contributed by atoms with Gasteiger partial charge in [0.25, 0.3) is 0 Å². The van der Waals surface area contributed by atoms with Crippen LogP contribution in [0.5, 0.6) is 0 Å². The Labute approximate surface area is 95.7 Å². The van der Waals surface area contributed by atoms with Crippen molar-refractivity contribution in [2.45, 2.75) is 40.5 Å². The number of carbonyl (C=O) groups excluding carboxylic acids is 1. The van der Waals surface area contributed by atoms with Gasteiger partial charge in [-0.3, -0.25) is 4.79 Å². The lowest BCUT2D eigenvalue weighted by atomic mass is 10.1. The van der Waals surface area contributed by atoms with Crippen molar-refractivity contribution >= 4 is 22.9 Å². The molecule has 1 aliphatic rings. The molecule has 0 saturated heterocycles. The molecule has 0 radical (unpaired) electrons. The van der Waals surface area contributed by atoms with Gasteiger partial charge in [-0.2, -0.15) is 0 Å². The van der Waals surface area contributed by atoms with Gasteiger partial charge in [-0.25, -0.2) is 0 Å². The largest absolute Gasteiger partial charge is 0.325 e. The van der Waals surface area contributed by atoms with Crippen LogP contribution in [-0.2, 0) is 11.2 Å². The molecule has 15 heavy (non-hydrogen) atoms. The summed E-state index contributed by atoms with van der Waals surface area (Å²) in [5.41, 5.74) is 1.04. The van der Waals surface area contributed by atoms with Gasteiger partial charge in [0.1, 0.15) is 0 Å². The summed E-state index contributed by atoms with van der Waals surface area (Å²) in [5, 5.41) is 2.96. The van der Waals surface area contributed by atoms with Gasteiger partial charge in [0.05, 0.1) is 5.69 Å². The fourth-order valence-electron chi connectivity index (χ4n) is 1.59. The van der Waals surface area contributed by atoms with E-state index in [0.29, 0.717) is 0 Å². The second kappa shape index (κ2) is 5.31. The number of hydrogen-bond donors (Lipinski definition) is 1. The minimum Gasteiger partial charge on any atom is -0.325 e. The first-order valence-corrected chi connectivity index (χ1v) is 6.38. The van der Waals surface area contributed by atoms with Crippen molar-refractivity contribution in [2.75, 3.05) is 5.32 Å². The molecule has 1 aromatic heterocycles. The Balaban J connectivity index is 0.000000531. The predicted octanol–water partition coefficient (Wildman–Crippen LogP) is 3.60. The SMILES string of the molecule is CC.Cc1cc2c(s1)CCC(C)C(=O)N2. The van der Waals surface area contributed by atoms with E-state index in [1.807, 2.05) is 20.8 Å². The van der Waals surface area contributed by atoms with Crippen LogP contribution in [0.1, 0.15) is 36.9 Å². The molecule has 0 saturated carbocycles. The van der Waals surface area contributed by atoms with Gasteiger partial charge < -0.3 is 5.32 Å². The summed E-state index contributed by atoms with van der Waals surface area (Å²) in [7, 11) is 0. The molecule has 1 unspecified atom stereocenters. The van der Waals surface area contributed by atoms with E-state index in [9.17, 15) is 4.79 Å². The minimum absolute atomic E-state index is 0.153. The molecule has 2 nitrogen and oxygen atoms in total. The smallest absolute Gasteiger partial charge is 0.227 e. The highest BCUT2D eigenvalue weighted by atomic mass is 32.1. The quantitative estimate of drug-likeness (QED) is 0.718. The molecule has 84 valence electrons. The molecule has 2 rings (SSSR count). The van der Waals surface area contributed by atoms with Crippen LogP contribution in [0.4, 0.5) is 5.69 Å². The van der Waals surface area contributed by atoms with Gasteiger partial charge in [0, 0.05) is 15.7 Å². The third kappa shape index (κ3) is 2.81. The average Bonchev–Trinajstić information content (AvgIpc) is 2.52. The Bertz CT molecular complexity index is 343. The molecule has 0 aliphatic carbocycles. The van der Waals surface area contributed by atoms with E-state index in [1.165, 1.54) is 9.75 Å². The number of rotatable bonds is 0. The molecular weight excluding hydrogens is 206 g/mol. The standard InChI is InChI=1S/C10H13NOS.C2H6/c1-6-3-4-9-8(11-10(6)12)5-7(2)13-9;1-2/h5-6H,3-4H2,1-2H3,(H,11,12);1-2H3. The molecule has 1 aliphatic heterocycles. The second-order valence-corrected chi connectivity index (χ2v) is 4.96. The lowest BCUT2D eigenvalue weighted by Crippen LogP contribution is -2.18. The highest BCUT2D eigenvalue weighted by Gasteiger charge is 2.20. The van der Waals surface area contributed by atoms with Crippen LogP contribution >= 0.6 is 11.3 Å². The highest BCUT2D eigenvalue weighted by molar-refractivity contribution is 7.12. The number of aryl methyl sites for hydroxylation is 2. The lowest BCUT2D eigenvalue weighted by Gasteiger charge is -2.04. The first kappa shape index (κ1) is 12.2. The first-order valence-electron chi connectivity index (χ1n) is 5.57. The van der Waals surface area contributed by atoms with E-state index in [2.05, 4.69) is 18.3 Å². The molecule has 1 aromatic rings. The Morgan fingerprint density at radius 3 is 2.80 bits per heavy atom. The number of anilines is 1. The number of nitrogens with one attached hydrogen (secondary N) is 1. The summed E-state index contributed by atoms with van der Waals surface area (Å²) in [6.45, 7) is 8.06. The predicted molar refractivity (Wildman–Crippen MR) is 66.5 cm³/mol. The molecule has 2 heterocycles. The third-order valence-corrected chi connectivity index (χ3v) is 3.55. The van der Waals surface area contributed by atoms with E-state index in [-0.39, 0.29) is 11.8 Å². The molecular formula is C12H19NOS. The number of fused-ring (bicyclic) bond motifs is 1. The van der Waals surface area contributed by atoms with Crippen LogP contribution in [-0.4, -0.2) is 5.91 Å². The molecule has 0 aromatic carbocycles. The van der Waals surface area contributed by atoms with Crippen molar-refractivity contribution in [1.82, 2.24) is 0 Å². The number of amides is 1. The molecule has 0 spiro atoms.